The Labute approximate surface area is 206 Å². The normalized spacial score (nSPS) is 12.5. The lowest BCUT2D eigenvalue weighted by Crippen LogP contribution is -2.44. The molecular weight excluding hydrogens is 481 g/mol. The molecule has 188 valence electrons. The molecule has 35 heavy (non-hydrogen) atoms. The quantitative estimate of drug-likeness (QED) is 0.367. The van der Waals surface area contributed by atoms with Crippen LogP contribution in [0.2, 0.25) is 5.02 Å². The van der Waals surface area contributed by atoms with E-state index in [1.54, 1.807) is 12.1 Å². The highest BCUT2D eigenvalue weighted by Crippen LogP contribution is 2.31. The van der Waals surface area contributed by atoms with Crippen molar-refractivity contribution in [2.45, 2.75) is 65.2 Å². The zero-order valence-electron chi connectivity index (χ0n) is 19.8. The molecule has 0 aliphatic rings. The predicted molar refractivity (Wildman–Crippen MR) is 132 cm³/mol. The smallest absolute Gasteiger partial charge is 0.325 e. The summed E-state index contributed by atoms with van der Waals surface area (Å²) < 4.78 is 42.0. The third-order valence-electron chi connectivity index (χ3n) is 5.84. The number of halogens is 4. The number of hydrogen-bond donors (Lipinski definition) is 1. The Bertz CT molecular complexity index is 1300. The number of nitrogens with one attached hydrogen (secondary N) is 1. The predicted octanol–water partition coefficient (Wildman–Crippen LogP) is 6.32. The zero-order valence-corrected chi connectivity index (χ0v) is 20.6. The number of rotatable bonds is 9. The SMILES string of the molecule is CCCCC(CC)n1c(=O)nc(Nc2cccc(C(F)(F)F)c2)n(Cc2ccc(Cl)c(C)c2)c1=O. The highest BCUT2D eigenvalue weighted by molar-refractivity contribution is 6.31. The van der Waals surface area contributed by atoms with Gasteiger partial charge in [-0.2, -0.15) is 18.2 Å². The van der Waals surface area contributed by atoms with E-state index in [0.717, 1.165) is 40.7 Å². The Balaban J connectivity index is 2.14. The Morgan fingerprint density at radius 2 is 1.86 bits per heavy atom. The lowest BCUT2D eigenvalue weighted by molar-refractivity contribution is -0.137. The van der Waals surface area contributed by atoms with E-state index in [-0.39, 0.29) is 24.2 Å². The minimum absolute atomic E-state index is 0.0512. The third-order valence-corrected chi connectivity index (χ3v) is 6.26. The monoisotopic (exact) mass is 508 g/mol. The fraction of sp³-hybridized carbons (Fsp3) is 0.400. The number of benzene rings is 2. The molecule has 0 saturated heterocycles. The first kappa shape index (κ1) is 26.5. The third kappa shape index (κ3) is 6.33. The van der Waals surface area contributed by atoms with Crippen molar-refractivity contribution < 1.29 is 13.2 Å². The molecule has 1 N–H and O–H groups in total. The summed E-state index contributed by atoms with van der Waals surface area (Å²) in [4.78, 5) is 30.6. The van der Waals surface area contributed by atoms with Gasteiger partial charge in [0.15, 0.2) is 0 Å². The molecule has 1 unspecified atom stereocenters. The highest BCUT2D eigenvalue weighted by Gasteiger charge is 2.30. The fourth-order valence-corrected chi connectivity index (χ4v) is 4.02. The molecule has 10 heteroatoms. The van der Waals surface area contributed by atoms with Gasteiger partial charge in [-0.1, -0.05) is 56.5 Å². The van der Waals surface area contributed by atoms with Crippen LogP contribution in [-0.2, 0) is 12.7 Å². The van der Waals surface area contributed by atoms with Crippen molar-refractivity contribution in [3.63, 3.8) is 0 Å². The minimum Gasteiger partial charge on any atom is -0.325 e. The van der Waals surface area contributed by atoms with Crippen LogP contribution in [0.5, 0.6) is 0 Å². The number of unbranched alkanes of at least 4 members (excludes halogenated alkanes) is 1. The number of nitrogens with zero attached hydrogens (tertiary/aromatic N) is 3. The maximum Gasteiger partial charge on any atom is 0.416 e. The standard InChI is InChI=1S/C25H28ClF3N4O2/c1-4-6-10-20(5-2)33-23(34)31-22(30-19-9-7-8-18(14-19)25(27,28)29)32(24(33)35)15-17-11-12-21(26)16(3)13-17/h7-9,11-14,20H,4-6,10,15H2,1-3H3,(H,30,31,34). The lowest BCUT2D eigenvalue weighted by Gasteiger charge is -2.21. The summed E-state index contributed by atoms with van der Waals surface area (Å²) in [6, 6.07) is 9.45. The van der Waals surface area contributed by atoms with Gasteiger partial charge in [-0.25, -0.2) is 14.2 Å². The first-order valence-electron chi connectivity index (χ1n) is 11.5. The van der Waals surface area contributed by atoms with Gasteiger partial charge in [0.25, 0.3) is 0 Å². The number of alkyl halides is 3. The second-order valence-electron chi connectivity index (χ2n) is 8.45. The Morgan fingerprint density at radius 3 is 2.49 bits per heavy atom. The average molecular weight is 509 g/mol. The van der Waals surface area contributed by atoms with Crippen LogP contribution in [0.25, 0.3) is 0 Å². The van der Waals surface area contributed by atoms with Crippen molar-refractivity contribution in [1.29, 1.82) is 0 Å². The molecule has 0 fully saturated rings. The van der Waals surface area contributed by atoms with E-state index in [0.29, 0.717) is 17.9 Å². The molecule has 0 aliphatic heterocycles. The van der Waals surface area contributed by atoms with E-state index in [2.05, 4.69) is 10.3 Å². The van der Waals surface area contributed by atoms with Gasteiger partial charge < -0.3 is 5.32 Å². The van der Waals surface area contributed by atoms with Gasteiger partial charge in [-0.3, -0.25) is 4.57 Å². The van der Waals surface area contributed by atoms with E-state index in [4.69, 9.17) is 11.6 Å². The highest BCUT2D eigenvalue weighted by atomic mass is 35.5. The van der Waals surface area contributed by atoms with Crippen molar-refractivity contribution in [3.05, 3.63) is 85.1 Å². The van der Waals surface area contributed by atoms with Crippen molar-refractivity contribution in [3.8, 4) is 0 Å². The summed E-state index contributed by atoms with van der Waals surface area (Å²) in [5, 5.41) is 3.32. The van der Waals surface area contributed by atoms with Gasteiger partial charge in [0.2, 0.25) is 5.95 Å². The molecule has 1 aromatic heterocycles. The summed E-state index contributed by atoms with van der Waals surface area (Å²) >= 11 is 6.13. The summed E-state index contributed by atoms with van der Waals surface area (Å²) in [6.07, 6.45) is -1.58. The molecule has 0 radical (unpaired) electrons. The van der Waals surface area contributed by atoms with Crippen LogP contribution in [0.3, 0.4) is 0 Å². The summed E-state index contributed by atoms with van der Waals surface area (Å²) in [5.74, 6) is -0.131. The number of anilines is 2. The van der Waals surface area contributed by atoms with Crippen LogP contribution in [-0.4, -0.2) is 14.1 Å². The molecule has 0 bridgehead atoms. The van der Waals surface area contributed by atoms with Crippen molar-refractivity contribution in [1.82, 2.24) is 14.1 Å². The lowest BCUT2D eigenvalue weighted by atomic mass is 10.1. The molecule has 1 heterocycles. The van der Waals surface area contributed by atoms with E-state index >= 15 is 0 Å². The topological polar surface area (TPSA) is 68.9 Å². The number of aryl methyl sites for hydroxylation is 1. The van der Waals surface area contributed by atoms with E-state index in [9.17, 15) is 22.8 Å². The van der Waals surface area contributed by atoms with E-state index < -0.39 is 23.1 Å². The second-order valence-corrected chi connectivity index (χ2v) is 8.86. The summed E-state index contributed by atoms with van der Waals surface area (Å²) in [6.45, 7) is 5.80. The molecule has 1 atom stereocenters. The maximum atomic E-state index is 13.6. The molecule has 0 saturated carbocycles. The fourth-order valence-electron chi connectivity index (χ4n) is 3.90. The van der Waals surface area contributed by atoms with Gasteiger partial charge in [-0.15, -0.1) is 0 Å². The van der Waals surface area contributed by atoms with Crippen LogP contribution in [0.15, 0.2) is 52.1 Å². The van der Waals surface area contributed by atoms with Crippen LogP contribution in [0.1, 0.15) is 62.3 Å². The van der Waals surface area contributed by atoms with Crippen molar-refractivity contribution >= 4 is 23.2 Å². The zero-order chi connectivity index (χ0) is 25.8. The Morgan fingerprint density at radius 1 is 1.11 bits per heavy atom. The Kier molecular flexibility index (Phi) is 8.43. The average Bonchev–Trinajstić information content (AvgIpc) is 2.80. The van der Waals surface area contributed by atoms with Crippen LogP contribution < -0.4 is 16.7 Å². The van der Waals surface area contributed by atoms with Crippen molar-refractivity contribution in [2.24, 2.45) is 0 Å². The van der Waals surface area contributed by atoms with Gasteiger partial charge in [0.1, 0.15) is 0 Å². The van der Waals surface area contributed by atoms with Crippen LogP contribution >= 0.6 is 11.6 Å². The van der Waals surface area contributed by atoms with Crippen LogP contribution in [0, 0.1) is 6.92 Å². The minimum atomic E-state index is -4.54. The Hall–Kier alpha value is -3.07. The van der Waals surface area contributed by atoms with Gasteiger partial charge in [0, 0.05) is 16.8 Å². The molecule has 0 spiro atoms. The molecular formula is C25H28ClF3N4O2. The summed E-state index contributed by atoms with van der Waals surface area (Å²) in [7, 11) is 0. The number of aromatic nitrogens is 3. The molecule has 6 nitrogen and oxygen atoms in total. The first-order valence-corrected chi connectivity index (χ1v) is 11.9. The van der Waals surface area contributed by atoms with Crippen molar-refractivity contribution in [2.75, 3.05) is 5.32 Å². The molecule has 0 aliphatic carbocycles. The molecule has 0 amide bonds. The van der Waals surface area contributed by atoms with Gasteiger partial charge in [0.05, 0.1) is 12.1 Å². The van der Waals surface area contributed by atoms with Gasteiger partial charge in [-0.05, 0) is 55.2 Å². The first-order chi connectivity index (χ1) is 16.5. The second kappa shape index (κ2) is 11.1. The molecule has 3 rings (SSSR count). The van der Waals surface area contributed by atoms with Gasteiger partial charge >= 0.3 is 17.6 Å². The summed E-state index contributed by atoms with van der Waals surface area (Å²) in [5.41, 5.74) is -0.576. The maximum absolute atomic E-state index is 13.6. The molecule has 3 aromatic rings. The number of hydrogen-bond acceptors (Lipinski definition) is 4. The largest absolute Gasteiger partial charge is 0.416 e. The van der Waals surface area contributed by atoms with E-state index in [1.807, 2.05) is 26.8 Å². The molecule has 2 aromatic carbocycles. The van der Waals surface area contributed by atoms with E-state index in [1.165, 1.54) is 16.7 Å². The van der Waals surface area contributed by atoms with Crippen LogP contribution in [0.4, 0.5) is 24.8 Å².